The molecule has 4 aliphatic rings. The van der Waals surface area contributed by atoms with Crippen LogP contribution in [0.3, 0.4) is 0 Å². The Morgan fingerprint density at radius 1 is 0.962 bits per heavy atom. The normalized spacial score (nSPS) is 51.8. The summed E-state index contributed by atoms with van der Waals surface area (Å²) in [6.45, 7) is 2.67. The van der Waals surface area contributed by atoms with Crippen LogP contribution in [0.15, 0.2) is 0 Å². The van der Waals surface area contributed by atoms with Gasteiger partial charge in [-0.1, -0.05) is 13.3 Å². The monoisotopic (exact) mass is 369 g/mol. The summed E-state index contributed by atoms with van der Waals surface area (Å²) < 4.78 is 34.0. The Balaban J connectivity index is 1.50. The number of halogens is 2. The lowest BCUT2D eigenvalue weighted by molar-refractivity contribution is -0.148. The third kappa shape index (κ3) is 3.41. The Labute approximate surface area is 155 Å². The van der Waals surface area contributed by atoms with E-state index in [1.54, 1.807) is 0 Å². The predicted molar refractivity (Wildman–Crippen MR) is 96.1 cm³/mol. The van der Waals surface area contributed by atoms with Crippen molar-refractivity contribution < 1.29 is 18.3 Å². The average molecular weight is 369 g/mol. The smallest absolute Gasteiger partial charge is 0.293 e. The van der Waals surface area contributed by atoms with Crippen molar-refractivity contribution in [2.45, 2.75) is 95.2 Å². The summed E-state index contributed by atoms with van der Waals surface area (Å²) in [5.74, 6) is 1.42. The van der Waals surface area contributed by atoms with Crippen LogP contribution in [-0.4, -0.2) is 37.0 Å². The fourth-order valence-corrected chi connectivity index (χ4v) is 6.79. The molecule has 5 heteroatoms. The second-order valence-electron chi connectivity index (χ2n) is 9.37. The zero-order valence-corrected chi connectivity index (χ0v) is 15.8. The number of nitrogens with one attached hydrogen (secondary N) is 1. The van der Waals surface area contributed by atoms with Crippen LogP contribution in [0.2, 0.25) is 0 Å². The molecule has 0 aromatic rings. The molecule has 4 fully saturated rings. The Hall–Kier alpha value is -0.710. The van der Waals surface area contributed by atoms with Gasteiger partial charge in [-0.3, -0.25) is 4.79 Å². The summed E-state index contributed by atoms with van der Waals surface area (Å²) in [7, 11) is 0. The van der Waals surface area contributed by atoms with E-state index >= 15 is 0 Å². The van der Waals surface area contributed by atoms with Gasteiger partial charge in [0, 0.05) is 23.9 Å². The minimum absolute atomic E-state index is 0.0649. The molecule has 4 rings (SSSR count). The van der Waals surface area contributed by atoms with Crippen LogP contribution >= 0.6 is 0 Å². The molecule has 1 aliphatic heterocycles. The fraction of sp³-hybridized carbons (Fsp3) is 0.952. The molecule has 0 aromatic carbocycles. The lowest BCUT2D eigenvalue weighted by Gasteiger charge is -2.52. The molecular formula is C21H33F2NO2. The van der Waals surface area contributed by atoms with E-state index in [2.05, 4.69) is 12.2 Å². The van der Waals surface area contributed by atoms with Crippen molar-refractivity contribution in [1.29, 1.82) is 0 Å². The lowest BCUT2D eigenvalue weighted by atomic mass is 9.61. The summed E-state index contributed by atoms with van der Waals surface area (Å²) in [6, 6.07) is 0.464. The second-order valence-corrected chi connectivity index (χ2v) is 9.37. The first-order valence-corrected chi connectivity index (χ1v) is 10.7. The lowest BCUT2D eigenvalue weighted by Crippen LogP contribution is -2.63. The number of rotatable bonds is 3. The van der Waals surface area contributed by atoms with E-state index in [0.717, 1.165) is 38.5 Å². The maximum Gasteiger partial charge on any atom is 0.293 e. The number of carbonyl (C=O) groups is 1. The van der Waals surface area contributed by atoms with Crippen LogP contribution in [0, 0.1) is 29.6 Å². The maximum atomic E-state index is 14.5. The SMILES string of the molecule is CC1C(C2CCC3CCCC(F)C3C2)NC2CCC(F)CC2C1OC=O. The van der Waals surface area contributed by atoms with Crippen molar-refractivity contribution in [2.24, 2.45) is 29.6 Å². The van der Waals surface area contributed by atoms with Crippen LogP contribution in [0.25, 0.3) is 0 Å². The van der Waals surface area contributed by atoms with Crippen LogP contribution < -0.4 is 5.32 Å². The standard InChI is InChI=1S/C21H33F2NO2/c1-12-20(14-6-5-13-3-2-4-18(23)16(13)9-14)24-19-8-7-15(22)10-17(19)21(12)26-11-25/h11-21,24H,2-10H2,1H3. The van der Waals surface area contributed by atoms with E-state index in [-0.39, 0.29) is 35.9 Å². The molecule has 3 saturated carbocycles. The molecule has 10 unspecified atom stereocenters. The Kier molecular flexibility index (Phi) is 5.54. The van der Waals surface area contributed by atoms with Crippen LogP contribution in [0.5, 0.6) is 0 Å². The second kappa shape index (κ2) is 7.73. The fourth-order valence-electron chi connectivity index (χ4n) is 6.79. The maximum absolute atomic E-state index is 14.5. The number of piperidine rings is 1. The Bertz CT molecular complexity index is 504. The van der Waals surface area contributed by atoms with E-state index in [4.69, 9.17) is 4.74 Å². The topological polar surface area (TPSA) is 38.3 Å². The predicted octanol–water partition coefficient (Wildman–Crippen LogP) is 4.20. The highest BCUT2D eigenvalue weighted by Gasteiger charge is 2.50. The first kappa shape index (κ1) is 18.6. The van der Waals surface area contributed by atoms with Gasteiger partial charge in [0.15, 0.2) is 0 Å². The number of fused-ring (bicyclic) bond motifs is 2. The van der Waals surface area contributed by atoms with Gasteiger partial charge in [-0.25, -0.2) is 8.78 Å². The minimum Gasteiger partial charge on any atom is -0.464 e. The summed E-state index contributed by atoms with van der Waals surface area (Å²) in [5.41, 5.74) is 0. The molecule has 0 amide bonds. The molecular weight excluding hydrogens is 336 g/mol. The first-order chi connectivity index (χ1) is 12.6. The quantitative estimate of drug-likeness (QED) is 0.758. The van der Waals surface area contributed by atoms with Crippen molar-refractivity contribution >= 4 is 6.47 Å². The molecule has 3 aliphatic carbocycles. The first-order valence-electron chi connectivity index (χ1n) is 10.7. The van der Waals surface area contributed by atoms with Gasteiger partial charge in [-0.05, 0) is 69.1 Å². The van der Waals surface area contributed by atoms with E-state index in [1.807, 2.05) is 0 Å². The van der Waals surface area contributed by atoms with Crippen molar-refractivity contribution in [3.05, 3.63) is 0 Å². The van der Waals surface area contributed by atoms with E-state index in [0.29, 0.717) is 31.1 Å². The largest absolute Gasteiger partial charge is 0.464 e. The third-order valence-electron chi connectivity index (χ3n) is 8.08. The van der Waals surface area contributed by atoms with Gasteiger partial charge in [0.2, 0.25) is 0 Å². The van der Waals surface area contributed by atoms with Crippen LogP contribution in [0.1, 0.15) is 64.7 Å². The summed E-state index contributed by atoms with van der Waals surface area (Å²) in [4.78, 5) is 11.1. The zero-order chi connectivity index (χ0) is 18.3. The Morgan fingerprint density at radius 2 is 1.77 bits per heavy atom. The van der Waals surface area contributed by atoms with Crippen molar-refractivity contribution in [1.82, 2.24) is 5.32 Å². The van der Waals surface area contributed by atoms with Gasteiger partial charge < -0.3 is 10.1 Å². The molecule has 1 heterocycles. The molecule has 1 saturated heterocycles. The van der Waals surface area contributed by atoms with Gasteiger partial charge in [0.25, 0.3) is 6.47 Å². The van der Waals surface area contributed by atoms with Crippen molar-refractivity contribution in [2.75, 3.05) is 0 Å². The minimum atomic E-state index is -0.787. The number of hydrogen-bond donors (Lipinski definition) is 1. The number of ether oxygens (including phenoxy) is 1. The van der Waals surface area contributed by atoms with Gasteiger partial charge in [-0.15, -0.1) is 0 Å². The number of carbonyl (C=O) groups excluding carboxylic acids is 1. The van der Waals surface area contributed by atoms with Crippen molar-refractivity contribution in [3.8, 4) is 0 Å². The number of alkyl halides is 2. The summed E-state index contributed by atoms with van der Waals surface area (Å²) >= 11 is 0. The van der Waals surface area contributed by atoms with E-state index in [9.17, 15) is 13.6 Å². The van der Waals surface area contributed by atoms with E-state index < -0.39 is 12.3 Å². The molecule has 10 atom stereocenters. The van der Waals surface area contributed by atoms with Crippen LogP contribution in [-0.2, 0) is 9.53 Å². The molecule has 0 aromatic heterocycles. The highest BCUT2D eigenvalue weighted by molar-refractivity contribution is 5.38. The molecule has 0 spiro atoms. The van der Waals surface area contributed by atoms with Crippen LogP contribution in [0.4, 0.5) is 8.78 Å². The number of hydrogen-bond acceptors (Lipinski definition) is 3. The molecule has 1 N–H and O–H groups in total. The third-order valence-corrected chi connectivity index (χ3v) is 8.08. The average Bonchev–Trinajstić information content (AvgIpc) is 2.64. The Morgan fingerprint density at radius 3 is 2.58 bits per heavy atom. The van der Waals surface area contributed by atoms with Gasteiger partial charge >= 0.3 is 0 Å². The summed E-state index contributed by atoms with van der Waals surface area (Å²) in [6.07, 6.45) is 6.38. The molecule has 3 nitrogen and oxygen atoms in total. The van der Waals surface area contributed by atoms with Gasteiger partial charge in [-0.2, -0.15) is 0 Å². The highest BCUT2D eigenvalue weighted by atomic mass is 19.1. The highest BCUT2D eigenvalue weighted by Crippen LogP contribution is 2.48. The molecule has 0 bridgehead atoms. The molecule has 0 radical (unpaired) electrons. The van der Waals surface area contributed by atoms with Gasteiger partial charge in [0.1, 0.15) is 18.4 Å². The molecule has 148 valence electrons. The van der Waals surface area contributed by atoms with Crippen molar-refractivity contribution in [3.63, 3.8) is 0 Å². The van der Waals surface area contributed by atoms with Gasteiger partial charge in [0.05, 0.1) is 0 Å². The zero-order valence-electron chi connectivity index (χ0n) is 15.8. The van der Waals surface area contributed by atoms with E-state index in [1.165, 1.54) is 6.42 Å². The molecule has 26 heavy (non-hydrogen) atoms. The summed E-state index contributed by atoms with van der Waals surface area (Å²) in [5, 5.41) is 3.81.